The van der Waals surface area contributed by atoms with E-state index in [1.165, 1.54) is 6.92 Å². The highest BCUT2D eigenvalue weighted by atomic mass is 19.4. The van der Waals surface area contributed by atoms with Gasteiger partial charge < -0.3 is 10.4 Å². The van der Waals surface area contributed by atoms with Crippen molar-refractivity contribution < 1.29 is 18.3 Å². The molecule has 1 saturated heterocycles. The van der Waals surface area contributed by atoms with Gasteiger partial charge in [-0.25, -0.2) is 0 Å². The molecule has 1 unspecified atom stereocenters. The Bertz CT molecular complexity index is 204. The van der Waals surface area contributed by atoms with Gasteiger partial charge in [-0.05, 0) is 6.42 Å². The standard InChI is InChI=1S/C9H17F3N2O/c1-2-8(15,9(10,11)12)7-14-5-3-13-4-6-14/h13,15H,2-7H2,1H3. The third-order valence-corrected chi connectivity index (χ3v) is 2.81. The fourth-order valence-electron chi connectivity index (χ4n) is 1.64. The molecule has 0 radical (unpaired) electrons. The zero-order valence-electron chi connectivity index (χ0n) is 8.77. The number of nitrogens with zero attached hydrogens (tertiary/aromatic N) is 1. The van der Waals surface area contributed by atoms with E-state index in [1.54, 1.807) is 4.90 Å². The van der Waals surface area contributed by atoms with E-state index in [4.69, 9.17) is 0 Å². The average molecular weight is 226 g/mol. The number of alkyl halides is 3. The molecule has 0 saturated carbocycles. The minimum absolute atomic E-state index is 0.305. The molecule has 2 N–H and O–H groups in total. The zero-order valence-corrected chi connectivity index (χ0v) is 8.77. The van der Waals surface area contributed by atoms with E-state index in [2.05, 4.69) is 5.32 Å². The summed E-state index contributed by atoms with van der Waals surface area (Å²) < 4.78 is 37.7. The molecule has 1 fully saturated rings. The molecule has 0 aromatic carbocycles. The molecule has 0 aromatic rings. The van der Waals surface area contributed by atoms with Crippen LogP contribution in [-0.4, -0.2) is 54.5 Å². The summed E-state index contributed by atoms with van der Waals surface area (Å²) in [6.45, 7) is 3.50. The molecule has 1 rings (SSSR count). The fourth-order valence-corrected chi connectivity index (χ4v) is 1.64. The molecule has 90 valence electrons. The van der Waals surface area contributed by atoms with Crippen LogP contribution in [0.2, 0.25) is 0 Å². The highest BCUT2D eigenvalue weighted by Crippen LogP contribution is 2.33. The van der Waals surface area contributed by atoms with Crippen LogP contribution in [0.5, 0.6) is 0 Å². The second kappa shape index (κ2) is 4.67. The third kappa shape index (κ3) is 3.06. The highest BCUT2D eigenvalue weighted by molar-refractivity contribution is 4.89. The van der Waals surface area contributed by atoms with Crippen molar-refractivity contribution in [3.63, 3.8) is 0 Å². The Balaban J connectivity index is 2.58. The Morgan fingerprint density at radius 2 is 1.80 bits per heavy atom. The lowest BCUT2D eigenvalue weighted by Crippen LogP contribution is -2.56. The first-order chi connectivity index (χ1) is 6.89. The van der Waals surface area contributed by atoms with Crippen molar-refractivity contribution in [2.75, 3.05) is 32.7 Å². The smallest absolute Gasteiger partial charge is 0.379 e. The highest BCUT2D eigenvalue weighted by Gasteiger charge is 2.52. The predicted molar refractivity (Wildman–Crippen MR) is 50.6 cm³/mol. The maximum Gasteiger partial charge on any atom is 0.418 e. The summed E-state index contributed by atoms with van der Waals surface area (Å²) in [6, 6.07) is 0. The number of nitrogens with one attached hydrogen (secondary N) is 1. The van der Waals surface area contributed by atoms with Crippen molar-refractivity contribution in [3.05, 3.63) is 0 Å². The van der Waals surface area contributed by atoms with E-state index in [0.29, 0.717) is 26.2 Å². The predicted octanol–water partition coefficient (Wildman–Crippen LogP) is 0.595. The lowest BCUT2D eigenvalue weighted by molar-refractivity contribution is -0.266. The Kier molecular flexibility index (Phi) is 3.97. The molecule has 0 aromatic heterocycles. The van der Waals surface area contributed by atoms with Crippen LogP contribution in [0.25, 0.3) is 0 Å². The van der Waals surface area contributed by atoms with E-state index in [1.807, 2.05) is 0 Å². The number of piperazine rings is 1. The minimum Gasteiger partial charge on any atom is -0.379 e. The molecule has 1 aliphatic rings. The van der Waals surface area contributed by atoms with Crippen LogP contribution in [0.15, 0.2) is 0 Å². The van der Waals surface area contributed by atoms with Gasteiger partial charge in [0.05, 0.1) is 0 Å². The minimum atomic E-state index is -4.55. The van der Waals surface area contributed by atoms with E-state index >= 15 is 0 Å². The Morgan fingerprint density at radius 1 is 1.27 bits per heavy atom. The van der Waals surface area contributed by atoms with Crippen molar-refractivity contribution >= 4 is 0 Å². The second-order valence-electron chi connectivity index (χ2n) is 3.91. The van der Waals surface area contributed by atoms with Gasteiger partial charge in [0.15, 0.2) is 5.60 Å². The second-order valence-corrected chi connectivity index (χ2v) is 3.91. The van der Waals surface area contributed by atoms with Crippen molar-refractivity contribution in [3.8, 4) is 0 Å². The van der Waals surface area contributed by atoms with Gasteiger partial charge in [-0.1, -0.05) is 6.92 Å². The van der Waals surface area contributed by atoms with Gasteiger partial charge in [0.1, 0.15) is 0 Å². The summed E-state index contributed by atoms with van der Waals surface area (Å²) in [4.78, 5) is 1.65. The molecule has 0 spiro atoms. The lowest BCUT2D eigenvalue weighted by atomic mass is 9.99. The molecule has 1 atom stereocenters. The number of β-amino-alcohol motifs (C(OH)–C–C–N with tert-alkyl or cyclic N) is 1. The number of aliphatic hydroxyl groups is 1. The summed E-state index contributed by atoms with van der Waals surface area (Å²) in [6.07, 6.45) is -4.85. The first kappa shape index (κ1) is 12.7. The van der Waals surface area contributed by atoms with Gasteiger partial charge in [0.2, 0.25) is 0 Å². The quantitative estimate of drug-likeness (QED) is 0.739. The van der Waals surface area contributed by atoms with E-state index < -0.39 is 11.8 Å². The van der Waals surface area contributed by atoms with E-state index in [9.17, 15) is 18.3 Å². The summed E-state index contributed by atoms with van der Waals surface area (Å²) in [5.41, 5.74) is -2.57. The molecule has 3 nitrogen and oxygen atoms in total. The summed E-state index contributed by atoms with van der Waals surface area (Å²) >= 11 is 0. The van der Waals surface area contributed by atoms with Crippen molar-refractivity contribution in [2.45, 2.75) is 25.1 Å². The van der Waals surface area contributed by atoms with Crippen LogP contribution >= 0.6 is 0 Å². The Labute approximate surface area is 87.3 Å². The first-order valence-electron chi connectivity index (χ1n) is 5.11. The molecule has 0 amide bonds. The van der Waals surface area contributed by atoms with Crippen LogP contribution in [-0.2, 0) is 0 Å². The summed E-state index contributed by atoms with van der Waals surface area (Å²) in [5, 5.41) is 12.6. The zero-order chi connectivity index (χ0) is 11.5. The maximum absolute atomic E-state index is 12.6. The van der Waals surface area contributed by atoms with Crippen molar-refractivity contribution in [1.29, 1.82) is 0 Å². The summed E-state index contributed by atoms with van der Waals surface area (Å²) in [5.74, 6) is 0. The van der Waals surface area contributed by atoms with Crippen molar-refractivity contribution in [1.82, 2.24) is 10.2 Å². The van der Waals surface area contributed by atoms with Gasteiger partial charge in [-0.2, -0.15) is 13.2 Å². The third-order valence-electron chi connectivity index (χ3n) is 2.81. The number of hydrogen-bond acceptors (Lipinski definition) is 3. The van der Waals surface area contributed by atoms with Gasteiger partial charge >= 0.3 is 6.18 Å². The molecule has 0 bridgehead atoms. The van der Waals surface area contributed by atoms with Gasteiger partial charge in [0.25, 0.3) is 0 Å². The van der Waals surface area contributed by atoms with Crippen LogP contribution in [0, 0.1) is 0 Å². The van der Waals surface area contributed by atoms with Crippen LogP contribution < -0.4 is 5.32 Å². The SMILES string of the molecule is CCC(O)(CN1CCNCC1)C(F)(F)F. The van der Waals surface area contributed by atoms with E-state index in [-0.39, 0.29) is 13.0 Å². The molecular formula is C9H17F3N2O. The lowest BCUT2D eigenvalue weighted by Gasteiger charge is -2.36. The van der Waals surface area contributed by atoms with Crippen LogP contribution in [0.3, 0.4) is 0 Å². The van der Waals surface area contributed by atoms with Gasteiger partial charge in [-0.3, -0.25) is 4.90 Å². The van der Waals surface area contributed by atoms with Gasteiger partial charge in [-0.15, -0.1) is 0 Å². The summed E-state index contributed by atoms with van der Waals surface area (Å²) in [7, 11) is 0. The van der Waals surface area contributed by atoms with Gasteiger partial charge in [0, 0.05) is 32.7 Å². The number of rotatable bonds is 3. The molecule has 6 heteroatoms. The molecule has 0 aliphatic carbocycles. The van der Waals surface area contributed by atoms with Crippen LogP contribution in [0.4, 0.5) is 13.2 Å². The Morgan fingerprint density at radius 3 is 2.20 bits per heavy atom. The Hall–Kier alpha value is -0.330. The largest absolute Gasteiger partial charge is 0.418 e. The maximum atomic E-state index is 12.6. The molecular weight excluding hydrogens is 209 g/mol. The average Bonchev–Trinajstić information content (AvgIpc) is 2.17. The monoisotopic (exact) mass is 226 g/mol. The van der Waals surface area contributed by atoms with E-state index in [0.717, 1.165) is 0 Å². The fraction of sp³-hybridized carbons (Fsp3) is 1.00. The molecule has 1 heterocycles. The number of hydrogen-bond donors (Lipinski definition) is 2. The first-order valence-corrected chi connectivity index (χ1v) is 5.11. The number of halogens is 3. The normalized spacial score (nSPS) is 23.8. The molecule has 15 heavy (non-hydrogen) atoms. The topological polar surface area (TPSA) is 35.5 Å². The van der Waals surface area contributed by atoms with Crippen molar-refractivity contribution in [2.24, 2.45) is 0 Å². The molecule has 1 aliphatic heterocycles. The van der Waals surface area contributed by atoms with Crippen LogP contribution in [0.1, 0.15) is 13.3 Å².